The molecule has 0 saturated carbocycles. The van der Waals surface area contributed by atoms with Crippen molar-refractivity contribution in [2.45, 2.75) is 129 Å². The number of carbonyl (C=O) groups is 2. The molecule has 1 amide bonds. The lowest BCUT2D eigenvalue weighted by atomic mass is 10.0. The molecule has 0 heterocycles. The molecule has 0 radical (unpaired) electrons. The SMILES string of the molecule is CCCCCCCCCCCCCCCCC(=O)OCC(O)COP(=O)(O)OCCNC(=O)CCC. The quantitative estimate of drug-likeness (QED) is 0.0715. The Bertz CT molecular complexity index is 590. The van der Waals surface area contributed by atoms with E-state index in [-0.39, 0.29) is 32.1 Å². The summed E-state index contributed by atoms with van der Waals surface area (Å²) in [5.74, 6) is -0.569. The van der Waals surface area contributed by atoms with Crippen LogP contribution in [0.25, 0.3) is 0 Å². The summed E-state index contributed by atoms with van der Waals surface area (Å²) < 4.78 is 26.2. The Labute approximate surface area is 218 Å². The van der Waals surface area contributed by atoms with Gasteiger partial charge in [-0.15, -0.1) is 0 Å². The molecule has 0 aromatic heterocycles. The molecule has 0 aromatic rings. The van der Waals surface area contributed by atoms with Gasteiger partial charge in [0.25, 0.3) is 0 Å². The van der Waals surface area contributed by atoms with E-state index in [0.29, 0.717) is 12.8 Å². The predicted octanol–water partition coefficient (Wildman–Crippen LogP) is 5.81. The maximum absolute atomic E-state index is 11.8. The average molecular weight is 538 g/mol. The highest BCUT2D eigenvalue weighted by molar-refractivity contribution is 7.47. The van der Waals surface area contributed by atoms with Crippen LogP contribution in [0.2, 0.25) is 0 Å². The van der Waals surface area contributed by atoms with Crippen LogP contribution in [0.3, 0.4) is 0 Å². The van der Waals surface area contributed by atoms with Gasteiger partial charge in [-0.3, -0.25) is 18.6 Å². The van der Waals surface area contributed by atoms with Crippen molar-refractivity contribution in [1.29, 1.82) is 0 Å². The summed E-state index contributed by atoms with van der Waals surface area (Å²) >= 11 is 0. The van der Waals surface area contributed by atoms with Crippen LogP contribution in [-0.4, -0.2) is 54.3 Å². The van der Waals surface area contributed by atoms with Crippen LogP contribution in [0, 0.1) is 0 Å². The first-order valence-corrected chi connectivity index (χ1v) is 15.5. The van der Waals surface area contributed by atoms with E-state index in [9.17, 15) is 24.2 Å². The topological polar surface area (TPSA) is 131 Å². The number of rotatable bonds is 26. The molecule has 0 aromatic carbocycles. The highest BCUT2D eigenvalue weighted by Gasteiger charge is 2.23. The van der Waals surface area contributed by atoms with Crippen molar-refractivity contribution in [3.8, 4) is 0 Å². The van der Waals surface area contributed by atoms with Crippen molar-refractivity contribution in [2.75, 3.05) is 26.4 Å². The van der Waals surface area contributed by atoms with Crippen molar-refractivity contribution in [2.24, 2.45) is 0 Å². The van der Waals surface area contributed by atoms with E-state index in [1.165, 1.54) is 70.6 Å². The van der Waals surface area contributed by atoms with Gasteiger partial charge < -0.3 is 20.1 Å². The molecule has 0 rings (SSSR count). The van der Waals surface area contributed by atoms with Crippen LogP contribution in [0.4, 0.5) is 0 Å². The van der Waals surface area contributed by atoms with Crippen LogP contribution < -0.4 is 5.32 Å². The van der Waals surface area contributed by atoms with Gasteiger partial charge in [-0.05, 0) is 12.8 Å². The molecule has 9 nitrogen and oxygen atoms in total. The number of ether oxygens (including phenoxy) is 1. The Morgan fingerprint density at radius 2 is 1.28 bits per heavy atom. The lowest BCUT2D eigenvalue weighted by molar-refractivity contribution is -0.147. The molecular formula is C26H52NO8P. The molecule has 0 aliphatic rings. The van der Waals surface area contributed by atoms with Crippen molar-refractivity contribution in [3.63, 3.8) is 0 Å². The van der Waals surface area contributed by atoms with Crippen LogP contribution in [0.5, 0.6) is 0 Å². The Hall–Kier alpha value is -0.990. The largest absolute Gasteiger partial charge is 0.472 e. The van der Waals surface area contributed by atoms with Gasteiger partial charge in [0.15, 0.2) is 0 Å². The van der Waals surface area contributed by atoms with E-state index in [1.807, 2.05) is 6.92 Å². The van der Waals surface area contributed by atoms with Crippen LogP contribution in [0.15, 0.2) is 0 Å². The van der Waals surface area contributed by atoms with Gasteiger partial charge in [-0.25, -0.2) is 4.57 Å². The maximum atomic E-state index is 11.8. The molecule has 0 fully saturated rings. The minimum atomic E-state index is -4.37. The molecule has 0 spiro atoms. The summed E-state index contributed by atoms with van der Waals surface area (Å²) in [6, 6.07) is 0. The Balaban J connectivity index is 3.57. The number of carbonyl (C=O) groups excluding carboxylic acids is 2. The molecule has 0 bridgehead atoms. The predicted molar refractivity (Wildman–Crippen MR) is 142 cm³/mol. The van der Waals surface area contributed by atoms with Gasteiger partial charge in [0.1, 0.15) is 12.7 Å². The van der Waals surface area contributed by atoms with Crippen molar-refractivity contribution in [1.82, 2.24) is 5.32 Å². The molecule has 2 atom stereocenters. The fourth-order valence-electron chi connectivity index (χ4n) is 3.66. The molecule has 214 valence electrons. The fraction of sp³-hybridized carbons (Fsp3) is 0.923. The smallest absolute Gasteiger partial charge is 0.463 e. The molecule has 0 aliphatic carbocycles. The molecule has 36 heavy (non-hydrogen) atoms. The van der Waals surface area contributed by atoms with E-state index in [0.717, 1.165) is 19.3 Å². The average Bonchev–Trinajstić information content (AvgIpc) is 2.84. The number of aliphatic hydroxyl groups excluding tert-OH is 1. The second kappa shape index (κ2) is 24.4. The third-order valence-electron chi connectivity index (χ3n) is 5.76. The highest BCUT2D eigenvalue weighted by atomic mass is 31.2. The number of hydrogen-bond donors (Lipinski definition) is 3. The van der Waals surface area contributed by atoms with Crippen LogP contribution in [0.1, 0.15) is 123 Å². The third-order valence-corrected chi connectivity index (χ3v) is 6.74. The number of amides is 1. The second-order valence-corrected chi connectivity index (χ2v) is 10.8. The first-order chi connectivity index (χ1) is 17.3. The molecular weight excluding hydrogens is 485 g/mol. The summed E-state index contributed by atoms with van der Waals surface area (Å²) in [5, 5.41) is 12.4. The number of esters is 1. The normalized spacial score (nSPS) is 13.8. The molecule has 2 unspecified atom stereocenters. The van der Waals surface area contributed by atoms with Gasteiger partial charge in [0.2, 0.25) is 5.91 Å². The molecule has 10 heteroatoms. The summed E-state index contributed by atoms with van der Waals surface area (Å²) in [5.41, 5.74) is 0. The first kappa shape index (κ1) is 35.0. The van der Waals surface area contributed by atoms with Gasteiger partial charge in [0, 0.05) is 19.4 Å². The van der Waals surface area contributed by atoms with E-state index in [4.69, 9.17) is 13.8 Å². The summed E-state index contributed by atoms with van der Waals surface area (Å²) in [6.45, 7) is 3.16. The lowest BCUT2D eigenvalue weighted by Crippen LogP contribution is -2.27. The van der Waals surface area contributed by atoms with Gasteiger partial charge in [-0.1, -0.05) is 97.3 Å². The zero-order valence-corrected chi connectivity index (χ0v) is 23.6. The fourth-order valence-corrected chi connectivity index (χ4v) is 4.41. The summed E-state index contributed by atoms with van der Waals surface area (Å²) in [4.78, 5) is 32.7. The second-order valence-electron chi connectivity index (χ2n) is 9.38. The third kappa shape index (κ3) is 24.7. The van der Waals surface area contributed by atoms with E-state index < -0.39 is 26.5 Å². The maximum Gasteiger partial charge on any atom is 0.472 e. The van der Waals surface area contributed by atoms with Crippen molar-refractivity contribution in [3.05, 3.63) is 0 Å². The Morgan fingerprint density at radius 1 is 0.750 bits per heavy atom. The monoisotopic (exact) mass is 537 g/mol. The van der Waals surface area contributed by atoms with E-state index in [1.54, 1.807) is 0 Å². The first-order valence-electron chi connectivity index (χ1n) is 14.0. The molecule has 3 N–H and O–H groups in total. The number of aliphatic hydroxyl groups is 1. The Morgan fingerprint density at radius 3 is 1.81 bits per heavy atom. The number of hydrogen-bond acceptors (Lipinski definition) is 7. The van der Waals surface area contributed by atoms with Gasteiger partial charge in [0.05, 0.1) is 13.2 Å². The van der Waals surface area contributed by atoms with E-state index >= 15 is 0 Å². The number of phosphoric acid groups is 1. The highest BCUT2D eigenvalue weighted by Crippen LogP contribution is 2.42. The zero-order valence-electron chi connectivity index (χ0n) is 22.7. The molecule has 0 saturated heterocycles. The number of unbranched alkanes of at least 4 members (excludes halogenated alkanes) is 13. The van der Waals surface area contributed by atoms with Gasteiger partial charge in [-0.2, -0.15) is 0 Å². The summed E-state index contributed by atoms with van der Waals surface area (Å²) in [6.07, 6.45) is 17.5. The standard InChI is InChI=1S/C26H52NO8P/c1-3-5-6-7-8-9-10-11-12-13-14-15-16-17-19-26(30)33-22-24(28)23-35-36(31,32)34-21-20-27-25(29)18-4-2/h24,28H,3-23H2,1-2H3,(H,27,29)(H,31,32). The zero-order chi connectivity index (χ0) is 26.9. The lowest BCUT2D eigenvalue weighted by Gasteiger charge is -2.15. The minimum absolute atomic E-state index is 0.0756. The Kier molecular flexibility index (Phi) is 23.7. The van der Waals surface area contributed by atoms with Crippen LogP contribution >= 0.6 is 7.82 Å². The summed E-state index contributed by atoms with van der Waals surface area (Å²) in [7, 11) is -4.37. The number of nitrogens with one attached hydrogen (secondary N) is 1. The van der Waals surface area contributed by atoms with Gasteiger partial charge >= 0.3 is 13.8 Å². The number of phosphoric ester groups is 1. The molecule has 0 aliphatic heterocycles. The van der Waals surface area contributed by atoms with Crippen LogP contribution in [-0.2, 0) is 27.9 Å². The van der Waals surface area contributed by atoms with Crippen molar-refractivity contribution < 1.29 is 37.9 Å². The minimum Gasteiger partial charge on any atom is -0.463 e. The van der Waals surface area contributed by atoms with Crippen molar-refractivity contribution >= 4 is 19.7 Å². The van der Waals surface area contributed by atoms with E-state index in [2.05, 4.69) is 12.2 Å².